The average Bonchev–Trinajstić information content (AvgIpc) is 2.70. The molecule has 1 heterocycles. The Balaban J connectivity index is 0. The molecule has 0 atom stereocenters. The van der Waals surface area contributed by atoms with Crippen LogP contribution < -0.4 is 0 Å². The van der Waals surface area contributed by atoms with Crippen LogP contribution >= 0.6 is 11.8 Å². The van der Waals surface area contributed by atoms with Gasteiger partial charge in [-0.2, -0.15) is 0 Å². The molecule has 1 amide bonds. The zero-order valence-corrected chi connectivity index (χ0v) is 23.0. The van der Waals surface area contributed by atoms with Crippen LogP contribution in [0.15, 0.2) is 21.1 Å². The largest absolute Gasteiger partial charge is 0.309 e. The molecule has 0 aromatic carbocycles. The summed E-state index contributed by atoms with van der Waals surface area (Å²) in [5.41, 5.74) is 2.23. The van der Waals surface area contributed by atoms with Crippen molar-refractivity contribution < 1.29 is 4.79 Å². The SMILES string of the molecule is CC.CC(C)C.CC(C)C1=C(C(C)C)C(=O)N(C(C)C)C(C(C)C)=C(C(C)C)S1. The van der Waals surface area contributed by atoms with Crippen LogP contribution in [-0.2, 0) is 4.79 Å². The van der Waals surface area contributed by atoms with E-state index < -0.39 is 0 Å². The first-order valence-corrected chi connectivity index (χ1v) is 12.5. The highest BCUT2D eigenvalue weighted by Gasteiger charge is 2.36. The van der Waals surface area contributed by atoms with Crippen molar-refractivity contribution in [2.75, 3.05) is 0 Å². The maximum Gasteiger partial charge on any atom is 0.255 e. The third-order valence-electron chi connectivity index (χ3n) is 4.14. The second-order valence-electron chi connectivity index (χ2n) is 9.75. The standard InChI is InChI=1S/C20H35NOS.C4H10.C2H6/c1-11(2)16-18(13(5)6)23-19(14(7)8)17(12(3)4)21(15(9)10)20(16)22;1-4(2)3;1-2/h11-15H,1-10H3;4H,1-3H3;1-2H3. The van der Waals surface area contributed by atoms with Gasteiger partial charge in [-0.3, -0.25) is 4.79 Å². The number of carbonyl (C=O) groups is 1. The van der Waals surface area contributed by atoms with Gasteiger partial charge in [-0.05, 0) is 43.4 Å². The van der Waals surface area contributed by atoms with Gasteiger partial charge in [0, 0.05) is 27.1 Å². The van der Waals surface area contributed by atoms with Crippen LogP contribution in [0.4, 0.5) is 0 Å². The van der Waals surface area contributed by atoms with Gasteiger partial charge in [-0.15, -0.1) is 0 Å². The van der Waals surface area contributed by atoms with Crippen molar-refractivity contribution >= 4 is 17.7 Å². The predicted octanol–water partition coefficient (Wildman–Crippen LogP) is 8.75. The molecule has 0 aliphatic carbocycles. The van der Waals surface area contributed by atoms with E-state index in [4.69, 9.17) is 0 Å². The molecule has 1 aliphatic heterocycles. The number of thioether (sulfide) groups is 1. The average molecular weight is 426 g/mol. The Morgan fingerprint density at radius 3 is 1.24 bits per heavy atom. The number of hydrogen-bond donors (Lipinski definition) is 0. The van der Waals surface area contributed by atoms with E-state index >= 15 is 0 Å². The molecular formula is C26H51NOS. The summed E-state index contributed by atoms with van der Waals surface area (Å²) in [6.45, 7) is 32.3. The molecule has 0 unspecified atom stereocenters. The second kappa shape index (κ2) is 14.3. The predicted molar refractivity (Wildman–Crippen MR) is 135 cm³/mol. The summed E-state index contributed by atoms with van der Waals surface area (Å²) in [7, 11) is 0. The summed E-state index contributed by atoms with van der Waals surface area (Å²) in [5.74, 6) is 2.42. The molecule has 0 radical (unpaired) electrons. The third kappa shape index (κ3) is 9.32. The smallest absolute Gasteiger partial charge is 0.255 e. The highest BCUT2D eigenvalue weighted by molar-refractivity contribution is 8.06. The Morgan fingerprint density at radius 2 is 1.00 bits per heavy atom. The number of amides is 1. The fourth-order valence-electron chi connectivity index (χ4n) is 3.14. The summed E-state index contributed by atoms with van der Waals surface area (Å²) in [4.78, 5) is 18.1. The molecular weight excluding hydrogens is 374 g/mol. The van der Waals surface area contributed by atoms with Crippen LogP contribution in [0.2, 0.25) is 0 Å². The molecule has 3 heteroatoms. The molecule has 0 saturated heterocycles. The maximum absolute atomic E-state index is 13.4. The van der Waals surface area contributed by atoms with Crippen LogP contribution in [0.5, 0.6) is 0 Å². The van der Waals surface area contributed by atoms with Crippen molar-refractivity contribution in [1.29, 1.82) is 0 Å². The van der Waals surface area contributed by atoms with Gasteiger partial charge in [0.05, 0.1) is 0 Å². The minimum absolute atomic E-state index is 0.175. The highest BCUT2D eigenvalue weighted by Crippen LogP contribution is 2.46. The third-order valence-corrected chi connectivity index (χ3v) is 5.95. The number of allylic oxidation sites excluding steroid dienone is 3. The maximum atomic E-state index is 13.4. The van der Waals surface area contributed by atoms with E-state index in [1.165, 1.54) is 15.5 Å². The van der Waals surface area contributed by atoms with Crippen LogP contribution in [0.25, 0.3) is 0 Å². The van der Waals surface area contributed by atoms with Crippen molar-refractivity contribution in [3.63, 3.8) is 0 Å². The Kier molecular flexibility index (Phi) is 15.1. The van der Waals surface area contributed by atoms with Gasteiger partial charge in [0.1, 0.15) is 0 Å². The molecule has 0 spiro atoms. The van der Waals surface area contributed by atoms with E-state index in [0.717, 1.165) is 11.5 Å². The zero-order chi connectivity index (χ0) is 23.6. The Bertz CT molecular complexity index is 548. The van der Waals surface area contributed by atoms with Gasteiger partial charge in [0.2, 0.25) is 0 Å². The highest BCUT2D eigenvalue weighted by atomic mass is 32.2. The topological polar surface area (TPSA) is 20.3 Å². The van der Waals surface area contributed by atoms with Crippen LogP contribution in [0, 0.1) is 29.6 Å². The van der Waals surface area contributed by atoms with Crippen molar-refractivity contribution in [2.24, 2.45) is 29.6 Å². The summed E-state index contributed by atoms with van der Waals surface area (Å²) in [5, 5.41) is 0. The molecule has 0 N–H and O–H groups in total. The van der Waals surface area contributed by atoms with Gasteiger partial charge in [-0.1, -0.05) is 102 Å². The van der Waals surface area contributed by atoms with E-state index in [1.54, 1.807) is 0 Å². The number of carbonyl (C=O) groups excluding carboxylic acids is 1. The van der Waals surface area contributed by atoms with Crippen molar-refractivity contribution in [3.8, 4) is 0 Å². The molecule has 0 fully saturated rings. The zero-order valence-electron chi connectivity index (χ0n) is 22.2. The van der Waals surface area contributed by atoms with E-state index in [2.05, 4.69) is 94.9 Å². The second-order valence-corrected chi connectivity index (χ2v) is 10.8. The number of nitrogens with zero attached hydrogens (tertiary/aromatic N) is 1. The number of hydrogen-bond acceptors (Lipinski definition) is 2. The molecule has 2 nitrogen and oxygen atoms in total. The van der Waals surface area contributed by atoms with E-state index in [1.807, 2.05) is 25.6 Å². The molecule has 0 aromatic rings. The molecule has 0 saturated carbocycles. The molecule has 0 bridgehead atoms. The van der Waals surface area contributed by atoms with Crippen molar-refractivity contribution in [2.45, 2.75) is 110 Å². The van der Waals surface area contributed by atoms with Crippen molar-refractivity contribution in [3.05, 3.63) is 21.1 Å². The fraction of sp³-hybridized carbons (Fsp3) is 0.808. The summed E-state index contributed by atoms with van der Waals surface area (Å²) in [6, 6.07) is 0.175. The molecule has 1 aliphatic rings. The minimum atomic E-state index is 0.175. The molecule has 1 rings (SSSR count). The molecule has 0 aromatic heterocycles. The van der Waals surface area contributed by atoms with E-state index in [-0.39, 0.29) is 17.9 Å². The van der Waals surface area contributed by atoms with E-state index in [0.29, 0.717) is 17.8 Å². The lowest BCUT2D eigenvalue weighted by molar-refractivity contribution is -0.127. The van der Waals surface area contributed by atoms with Crippen LogP contribution in [0.3, 0.4) is 0 Å². The van der Waals surface area contributed by atoms with E-state index in [9.17, 15) is 4.79 Å². The molecule has 172 valence electrons. The lowest BCUT2D eigenvalue weighted by Gasteiger charge is -2.34. The monoisotopic (exact) mass is 425 g/mol. The quantitative estimate of drug-likeness (QED) is 0.438. The van der Waals surface area contributed by atoms with Gasteiger partial charge in [0.15, 0.2) is 0 Å². The first kappa shape index (κ1) is 30.5. The van der Waals surface area contributed by atoms with Crippen molar-refractivity contribution in [1.82, 2.24) is 4.90 Å². The fourth-order valence-corrected chi connectivity index (χ4v) is 4.72. The Hall–Kier alpha value is -0.700. The summed E-state index contributed by atoms with van der Waals surface area (Å²) >= 11 is 1.86. The van der Waals surface area contributed by atoms with Gasteiger partial charge in [0.25, 0.3) is 5.91 Å². The number of rotatable bonds is 5. The Labute approximate surface area is 188 Å². The first-order chi connectivity index (χ1) is 13.2. The van der Waals surface area contributed by atoms with Gasteiger partial charge >= 0.3 is 0 Å². The van der Waals surface area contributed by atoms with Crippen LogP contribution in [0.1, 0.15) is 104 Å². The molecule has 29 heavy (non-hydrogen) atoms. The normalized spacial score (nSPS) is 15.5. The minimum Gasteiger partial charge on any atom is -0.309 e. The van der Waals surface area contributed by atoms with Crippen LogP contribution in [-0.4, -0.2) is 16.8 Å². The van der Waals surface area contributed by atoms with Gasteiger partial charge < -0.3 is 4.90 Å². The van der Waals surface area contributed by atoms with Gasteiger partial charge in [-0.25, -0.2) is 0 Å². The summed E-state index contributed by atoms with van der Waals surface area (Å²) < 4.78 is 0. The summed E-state index contributed by atoms with van der Waals surface area (Å²) in [6.07, 6.45) is 0. The Morgan fingerprint density at radius 1 is 0.621 bits per heavy atom. The lowest BCUT2D eigenvalue weighted by Crippen LogP contribution is -2.40. The lowest BCUT2D eigenvalue weighted by atomic mass is 9.95. The first-order valence-electron chi connectivity index (χ1n) is 11.7.